The molecule has 1 aliphatic carbocycles. The topological polar surface area (TPSA) is 0 Å². The Labute approximate surface area is 90.6 Å². The second kappa shape index (κ2) is 3.54. The third-order valence-corrected chi connectivity index (χ3v) is 3.23. The third kappa shape index (κ3) is 1.46. The third-order valence-electron chi connectivity index (χ3n) is 3.23. The zero-order valence-corrected chi connectivity index (χ0v) is 8.74. The molecule has 0 unspecified atom stereocenters. The standard InChI is InChI=1S/C15H14/c1-2-6-12(7-3-1)14-10-4-8-13-9-5-11-15(13)14/h1-4,6-8,10H,5,9,11H2. The maximum atomic E-state index is 2.27. The Balaban J connectivity index is 2.17. The maximum absolute atomic E-state index is 2.27. The van der Waals surface area contributed by atoms with Crippen LogP contribution in [0.5, 0.6) is 0 Å². The van der Waals surface area contributed by atoms with Crippen LogP contribution < -0.4 is 0 Å². The molecule has 0 saturated carbocycles. The molecular formula is C15H14. The summed E-state index contributed by atoms with van der Waals surface area (Å²) in [5, 5.41) is 0. The van der Waals surface area contributed by atoms with E-state index in [0.717, 1.165) is 0 Å². The van der Waals surface area contributed by atoms with E-state index in [9.17, 15) is 0 Å². The van der Waals surface area contributed by atoms with Crippen molar-refractivity contribution in [3.8, 4) is 11.1 Å². The van der Waals surface area contributed by atoms with Crippen LogP contribution >= 0.6 is 0 Å². The Kier molecular flexibility index (Phi) is 2.06. The molecule has 1 aliphatic rings. The van der Waals surface area contributed by atoms with Crippen molar-refractivity contribution < 1.29 is 0 Å². The van der Waals surface area contributed by atoms with Crippen LogP contribution in [-0.4, -0.2) is 0 Å². The number of fused-ring (bicyclic) bond motifs is 1. The van der Waals surface area contributed by atoms with Gasteiger partial charge < -0.3 is 0 Å². The van der Waals surface area contributed by atoms with Gasteiger partial charge in [0.05, 0.1) is 0 Å². The van der Waals surface area contributed by atoms with E-state index in [2.05, 4.69) is 48.5 Å². The number of benzene rings is 2. The van der Waals surface area contributed by atoms with Crippen molar-refractivity contribution in [1.82, 2.24) is 0 Å². The van der Waals surface area contributed by atoms with Gasteiger partial charge in [0.25, 0.3) is 0 Å². The van der Waals surface area contributed by atoms with Crippen LogP contribution in [0.2, 0.25) is 0 Å². The Bertz CT molecular complexity index is 469. The maximum Gasteiger partial charge on any atom is -0.0149 e. The highest BCUT2D eigenvalue weighted by atomic mass is 14.2. The first-order valence-corrected chi connectivity index (χ1v) is 5.61. The van der Waals surface area contributed by atoms with Gasteiger partial charge in [0.15, 0.2) is 0 Å². The van der Waals surface area contributed by atoms with Crippen molar-refractivity contribution in [3.05, 3.63) is 59.7 Å². The molecule has 0 N–H and O–H groups in total. The molecule has 0 radical (unpaired) electrons. The van der Waals surface area contributed by atoms with Crippen molar-refractivity contribution in [3.63, 3.8) is 0 Å². The SMILES string of the molecule is c1ccc(-c2cccc3c2CCC3)cc1. The molecule has 15 heavy (non-hydrogen) atoms. The van der Waals surface area contributed by atoms with Crippen LogP contribution in [0, 0.1) is 0 Å². The number of hydrogen-bond donors (Lipinski definition) is 0. The Morgan fingerprint density at radius 1 is 0.733 bits per heavy atom. The lowest BCUT2D eigenvalue weighted by molar-refractivity contribution is 0.912. The highest BCUT2D eigenvalue weighted by Gasteiger charge is 2.14. The minimum Gasteiger partial charge on any atom is -0.0622 e. The largest absolute Gasteiger partial charge is 0.0622 e. The summed E-state index contributed by atoms with van der Waals surface area (Å²) in [6.45, 7) is 0. The molecule has 74 valence electrons. The van der Waals surface area contributed by atoms with Gasteiger partial charge >= 0.3 is 0 Å². The monoisotopic (exact) mass is 194 g/mol. The van der Waals surface area contributed by atoms with E-state index in [1.54, 1.807) is 11.1 Å². The van der Waals surface area contributed by atoms with Crippen molar-refractivity contribution >= 4 is 0 Å². The van der Waals surface area contributed by atoms with Crippen LogP contribution in [0.3, 0.4) is 0 Å². The summed E-state index contributed by atoms with van der Waals surface area (Å²) in [6.07, 6.45) is 3.83. The van der Waals surface area contributed by atoms with Gasteiger partial charge in [-0.3, -0.25) is 0 Å². The molecule has 0 nitrogen and oxygen atoms in total. The smallest absolute Gasteiger partial charge is 0.0149 e. The van der Waals surface area contributed by atoms with Gasteiger partial charge in [-0.1, -0.05) is 48.5 Å². The van der Waals surface area contributed by atoms with Crippen molar-refractivity contribution in [2.45, 2.75) is 19.3 Å². The Morgan fingerprint density at radius 2 is 1.60 bits per heavy atom. The summed E-state index contributed by atoms with van der Waals surface area (Å²) in [5.74, 6) is 0. The molecule has 0 bridgehead atoms. The van der Waals surface area contributed by atoms with Gasteiger partial charge in [-0.2, -0.15) is 0 Å². The van der Waals surface area contributed by atoms with Crippen LogP contribution in [0.15, 0.2) is 48.5 Å². The second-order valence-electron chi connectivity index (χ2n) is 4.16. The molecule has 0 spiro atoms. The van der Waals surface area contributed by atoms with E-state index in [0.29, 0.717) is 0 Å². The fraction of sp³-hybridized carbons (Fsp3) is 0.200. The van der Waals surface area contributed by atoms with E-state index in [1.807, 2.05) is 0 Å². The van der Waals surface area contributed by atoms with E-state index in [4.69, 9.17) is 0 Å². The van der Waals surface area contributed by atoms with Gasteiger partial charge in [-0.25, -0.2) is 0 Å². The van der Waals surface area contributed by atoms with Gasteiger partial charge in [-0.15, -0.1) is 0 Å². The van der Waals surface area contributed by atoms with E-state index >= 15 is 0 Å². The van der Waals surface area contributed by atoms with Gasteiger partial charge in [0.1, 0.15) is 0 Å². The zero-order chi connectivity index (χ0) is 10.1. The molecule has 0 heterocycles. The molecular weight excluding hydrogens is 180 g/mol. The summed E-state index contributed by atoms with van der Waals surface area (Å²) in [4.78, 5) is 0. The molecule has 0 aromatic heterocycles. The quantitative estimate of drug-likeness (QED) is 0.647. The summed E-state index contributed by atoms with van der Waals surface area (Å²) in [6, 6.07) is 17.4. The summed E-state index contributed by atoms with van der Waals surface area (Å²) in [7, 11) is 0. The van der Waals surface area contributed by atoms with Crippen LogP contribution in [-0.2, 0) is 12.8 Å². The van der Waals surface area contributed by atoms with Crippen molar-refractivity contribution in [1.29, 1.82) is 0 Å². The molecule has 3 rings (SSSR count). The summed E-state index contributed by atoms with van der Waals surface area (Å²) >= 11 is 0. The molecule has 0 fully saturated rings. The van der Waals surface area contributed by atoms with Gasteiger partial charge in [0.2, 0.25) is 0 Å². The molecule has 0 aliphatic heterocycles. The number of rotatable bonds is 1. The lowest BCUT2D eigenvalue weighted by Gasteiger charge is -2.08. The molecule has 2 aromatic carbocycles. The van der Waals surface area contributed by atoms with Crippen molar-refractivity contribution in [2.75, 3.05) is 0 Å². The lowest BCUT2D eigenvalue weighted by Crippen LogP contribution is -1.87. The first-order chi connectivity index (χ1) is 7.45. The minimum atomic E-state index is 1.25. The number of hydrogen-bond acceptors (Lipinski definition) is 0. The Morgan fingerprint density at radius 3 is 2.47 bits per heavy atom. The van der Waals surface area contributed by atoms with Crippen LogP contribution in [0.4, 0.5) is 0 Å². The van der Waals surface area contributed by atoms with E-state index in [1.165, 1.54) is 30.4 Å². The zero-order valence-electron chi connectivity index (χ0n) is 8.74. The van der Waals surface area contributed by atoms with E-state index < -0.39 is 0 Å². The molecule has 0 saturated heterocycles. The van der Waals surface area contributed by atoms with Crippen LogP contribution in [0.1, 0.15) is 17.5 Å². The summed E-state index contributed by atoms with van der Waals surface area (Å²) < 4.78 is 0. The van der Waals surface area contributed by atoms with Gasteiger partial charge in [0, 0.05) is 0 Å². The normalized spacial score (nSPS) is 13.9. The second-order valence-corrected chi connectivity index (χ2v) is 4.16. The first-order valence-electron chi connectivity index (χ1n) is 5.61. The average molecular weight is 194 g/mol. The molecule has 2 aromatic rings. The fourth-order valence-corrected chi connectivity index (χ4v) is 2.51. The lowest BCUT2D eigenvalue weighted by atomic mass is 9.97. The molecule has 0 atom stereocenters. The minimum absolute atomic E-state index is 1.25. The fourth-order valence-electron chi connectivity index (χ4n) is 2.51. The summed E-state index contributed by atoms with van der Waals surface area (Å²) in [5.41, 5.74) is 5.92. The highest BCUT2D eigenvalue weighted by Crippen LogP contribution is 2.31. The van der Waals surface area contributed by atoms with E-state index in [-0.39, 0.29) is 0 Å². The van der Waals surface area contributed by atoms with Crippen LogP contribution in [0.25, 0.3) is 11.1 Å². The molecule has 0 amide bonds. The Hall–Kier alpha value is -1.56. The first kappa shape index (κ1) is 8.72. The average Bonchev–Trinajstić information content (AvgIpc) is 2.78. The molecule has 0 heteroatoms. The highest BCUT2D eigenvalue weighted by molar-refractivity contribution is 5.69. The van der Waals surface area contributed by atoms with Gasteiger partial charge in [-0.05, 0) is 41.5 Å². The number of aryl methyl sites for hydroxylation is 1. The predicted octanol–water partition coefficient (Wildman–Crippen LogP) is 3.84. The van der Waals surface area contributed by atoms with Crippen molar-refractivity contribution in [2.24, 2.45) is 0 Å². The predicted molar refractivity (Wildman–Crippen MR) is 63.9 cm³/mol.